The smallest absolute Gasteiger partial charge is 0.338 e. The molecular weight excluding hydrogens is 398 g/mol. The minimum Gasteiger partial charge on any atom is -0.496 e. The second-order valence-corrected chi connectivity index (χ2v) is 6.18. The largest absolute Gasteiger partial charge is 0.496 e. The summed E-state index contributed by atoms with van der Waals surface area (Å²) in [5, 5.41) is 3.22. The van der Waals surface area contributed by atoms with Gasteiger partial charge in [-0.05, 0) is 65.3 Å². The van der Waals surface area contributed by atoms with Gasteiger partial charge in [-0.1, -0.05) is 11.6 Å². The Hall–Kier alpha value is -2.05. The van der Waals surface area contributed by atoms with Gasteiger partial charge in [-0.3, -0.25) is 4.79 Å². The standard InChI is InChI=1S/C17H15BrClNO4/c1-10(16(21)20-13-6-4-12(19)5-7-13)24-17(22)11-3-8-15(23-2)14(18)9-11/h3-10H,1-2H3,(H,20,21)/t10-/m1/s1. The maximum Gasteiger partial charge on any atom is 0.338 e. The van der Waals surface area contributed by atoms with Gasteiger partial charge in [0, 0.05) is 10.7 Å². The first-order chi connectivity index (χ1) is 11.4. The lowest BCUT2D eigenvalue weighted by Gasteiger charge is -2.14. The molecule has 0 aliphatic rings. The zero-order valence-corrected chi connectivity index (χ0v) is 15.3. The molecule has 0 bridgehead atoms. The van der Waals surface area contributed by atoms with E-state index in [1.54, 1.807) is 42.5 Å². The van der Waals surface area contributed by atoms with Crippen molar-refractivity contribution in [3.05, 3.63) is 57.5 Å². The van der Waals surface area contributed by atoms with Crippen LogP contribution in [0.25, 0.3) is 0 Å². The highest BCUT2D eigenvalue weighted by atomic mass is 79.9. The molecule has 0 aliphatic carbocycles. The first kappa shape index (κ1) is 18.3. The van der Waals surface area contributed by atoms with E-state index in [1.807, 2.05) is 0 Å². The van der Waals surface area contributed by atoms with Crippen LogP contribution in [0.1, 0.15) is 17.3 Å². The second kappa shape index (κ2) is 8.17. The molecule has 1 N–H and O–H groups in total. The Bertz CT molecular complexity index is 749. The number of rotatable bonds is 5. The Labute approximate surface area is 153 Å². The zero-order valence-electron chi connectivity index (χ0n) is 13.0. The fourth-order valence-corrected chi connectivity index (χ4v) is 2.52. The molecule has 0 saturated heterocycles. The number of hydrogen-bond donors (Lipinski definition) is 1. The van der Waals surface area contributed by atoms with E-state index in [9.17, 15) is 9.59 Å². The molecule has 0 aromatic heterocycles. The number of methoxy groups -OCH3 is 1. The first-order valence-corrected chi connectivity index (χ1v) is 8.18. The van der Waals surface area contributed by atoms with Crippen LogP contribution >= 0.6 is 27.5 Å². The molecule has 2 aromatic rings. The molecule has 7 heteroatoms. The molecule has 5 nitrogen and oxygen atoms in total. The molecule has 0 aliphatic heterocycles. The molecule has 0 saturated carbocycles. The fraction of sp³-hybridized carbons (Fsp3) is 0.176. The lowest BCUT2D eigenvalue weighted by atomic mass is 10.2. The van der Waals surface area contributed by atoms with E-state index < -0.39 is 18.0 Å². The Morgan fingerprint density at radius 3 is 2.42 bits per heavy atom. The number of ether oxygens (including phenoxy) is 2. The molecule has 1 amide bonds. The molecule has 126 valence electrons. The van der Waals surface area contributed by atoms with Crippen molar-refractivity contribution >= 4 is 45.1 Å². The van der Waals surface area contributed by atoms with Crippen molar-refractivity contribution in [1.82, 2.24) is 0 Å². The van der Waals surface area contributed by atoms with Gasteiger partial charge in [-0.25, -0.2) is 4.79 Å². The summed E-state index contributed by atoms with van der Waals surface area (Å²) < 4.78 is 10.9. The molecule has 24 heavy (non-hydrogen) atoms. The van der Waals surface area contributed by atoms with Crippen molar-refractivity contribution in [2.75, 3.05) is 12.4 Å². The van der Waals surface area contributed by atoms with Crippen LogP contribution in [0.5, 0.6) is 5.75 Å². The Morgan fingerprint density at radius 1 is 1.17 bits per heavy atom. The summed E-state index contributed by atoms with van der Waals surface area (Å²) >= 11 is 9.08. The maximum atomic E-state index is 12.1. The average Bonchev–Trinajstić information content (AvgIpc) is 2.56. The Kier molecular flexibility index (Phi) is 6.23. The van der Waals surface area contributed by atoms with Gasteiger partial charge in [0.05, 0.1) is 17.1 Å². The van der Waals surface area contributed by atoms with Crippen LogP contribution in [-0.2, 0) is 9.53 Å². The van der Waals surface area contributed by atoms with Gasteiger partial charge in [-0.2, -0.15) is 0 Å². The summed E-state index contributed by atoms with van der Waals surface area (Å²) in [5.74, 6) is -0.435. The quantitative estimate of drug-likeness (QED) is 0.744. The van der Waals surface area contributed by atoms with Gasteiger partial charge < -0.3 is 14.8 Å². The second-order valence-electron chi connectivity index (χ2n) is 4.89. The SMILES string of the molecule is COc1ccc(C(=O)O[C@H](C)C(=O)Nc2ccc(Cl)cc2)cc1Br. The third-order valence-corrected chi connectivity index (χ3v) is 4.02. The van der Waals surface area contributed by atoms with Gasteiger partial charge >= 0.3 is 5.97 Å². The summed E-state index contributed by atoms with van der Waals surface area (Å²) in [5.41, 5.74) is 0.883. The number of hydrogen-bond acceptors (Lipinski definition) is 4. The van der Waals surface area contributed by atoms with E-state index in [-0.39, 0.29) is 0 Å². The number of nitrogens with one attached hydrogen (secondary N) is 1. The third-order valence-electron chi connectivity index (χ3n) is 3.15. The van der Waals surface area contributed by atoms with Crippen molar-refractivity contribution in [1.29, 1.82) is 0 Å². The topological polar surface area (TPSA) is 64.6 Å². The van der Waals surface area contributed by atoms with Crippen molar-refractivity contribution in [3.8, 4) is 5.75 Å². The van der Waals surface area contributed by atoms with Gasteiger partial charge in [0.15, 0.2) is 6.10 Å². The predicted molar refractivity (Wildman–Crippen MR) is 95.7 cm³/mol. The molecule has 0 fully saturated rings. The van der Waals surface area contributed by atoms with Crippen LogP contribution in [0.2, 0.25) is 5.02 Å². The monoisotopic (exact) mass is 411 g/mol. The number of benzene rings is 2. The van der Waals surface area contributed by atoms with Gasteiger partial charge in [0.2, 0.25) is 0 Å². The Balaban J connectivity index is 1.98. The van der Waals surface area contributed by atoms with Crippen LogP contribution in [0, 0.1) is 0 Å². The maximum absolute atomic E-state index is 12.1. The zero-order chi connectivity index (χ0) is 17.7. The average molecular weight is 413 g/mol. The number of carbonyl (C=O) groups excluding carboxylic acids is 2. The van der Waals surface area contributed by atoms with E-state index >= 15 is 0 Å². The van der Waals surface area contributed by atoms with E-state index in [1.165, 1.54) is 14.0 Å². The number of halogens is 2. The van der Waals surface area contributed by atoms with Gasteiger partial charge in [0.25, 0.3) is 5.91 Å². The third kappa shape index (κ3) is 4.72. The van der Waals surface area contributed by atoms with E-state index in [2.05, 4.69) is 21.2 Å². The highest BCUT2D eigenvalue weighted by Gasteiger charge is 2.19. The number of carbonyl (C=O) groups is 2. The highest BCUT2D eigenvalue weighted by Crippen LogP contribution is 2.26. The van der Waals surface area contributed by atoms with Crippen LogP contribution in [0.3, 0.4) is 0 Å². The van der Waals surface area contributed by atoms with Crippen LogP contribution in [-0.4, -0.2) is 25.1 Å². The number of amides is 1. The van der Waals surface area contributed by atoms with Crippen molar-refractivity contribution in [2.24, 2.45) is 0 Å². The molecule has 2 rings (SSSR count). The minimum atomic E-state index is -0.950. The lowest BCUT2D eigenvalue weighted by Crippen LogP contribution is -2.30. The van der Waals surface area contributed by atoms with Crippen LogP contribution in [0.4, 0.5) is 5.69 Å². The van der Waals surface area contributed by atoms with Gasteiger partial charge in [0.1, 0.15) is 5.75 Å². The highest BCUT2D eigenvalue weighted by molar-refractivity contribution is 9.10. The summed E-state index contributed by atoms with van der Waals surface area (Å²) in [6.45, 7) is 1.50. The minimum absolute atomic E-state index is 0.314. The molecule has 2 aromatic carbocycles. The first-order valence-electron chi connectivity index (χ1n) is 7.01. The van der Waals surface area contributed by atoms with E-state index in [0.29, 0.717) is 26.5 Å². The summed E-state index contributed by atoms with van der Waals surface area (Å²) in [4.78, 5) is 24.2. The summed E-state index contributed by atoms with van der Waals surface area (Å²) in [6.07, 6.45) is -0.950. The summed E-state index contributed by atoms with van der Waals surface area (Å²) in [7, 11) is 1.53. The van der Waals surface area contributed by atoms with E-state index in [4.69, 9.17) is 21.1 Å². The van der Waals surface area contributed by atoms with Crippen molar-refractivity contribution in [2.45, 2.75) is 13.0 Å². The molecule has 0 spiro atoms. The molecule has 0 unspecified atom stereocenters. The van der Waals surface area contributed by atoms with Crippen molar-refractivity contribution < 1.29 is 19.1 Å². The summed E-state index contributed by atoms with van der Waals surface area (Å²) in [6, 6.07) is 11.4. The van der Waals surface area contributed by atoms with Crippen molar-refractivity contribution in [3.63, 3.8) is 0 Å². The lowest BCUT2D eigenvalue weighted by molar-refractivity contribution is -0.123. The normalized spacial score (nSPS) is 11.5. The number of esters is 1. The van der Waals surface area contributed by atoms with Crippen LogP contribution in [0.15, 0.2) is 46.9 Å². The van der Waals surface area contributed by atoms with E-state index in [0.717, 1.165) is 0 Å². The Morgan fingerprint density at radius 2 is 1.83 bits per heavy atom. The van der Waals surface area contributed by atoms with Crippen LogP contribution < -0.4 is 10.1 Å². The fourth-order valence-electron chi connectivity index (χ4n) is 1.85. The molecule has 1 atom stereocenters. The molecular formula is C17H15BrClNO4. The number of anilines is 1. The predicted octanol–water partition coefficient (Wildman–Crippen LogP) is 4.30. The molecule has 0 heterocycles. The van der Waals surface area contributed by atoms with Gasteiger partial charge in [-0.15, -0.1) is 0 Å². The molecule has 0 radical (unpaired) electrons.